The molecule has 1 aliphatic heterocycles. The monoisotopic (exact) mass is 177 g/mol. The van der Waals surface area contributed by atoms with Crippen molar-refractivity contribution in [2.75, 3.05) is 0 Å². The number of fused-ring (bicyclic) bond motifs is 1. The van der Waals surface area contributed by atoms with Crippen molar-refractivity contribution in [3.63, 3.8) is 0 Å². The van der Waals surface area contributed by atoms with Crippen LogP contribution in [0.2, 0.25) is 0 Å². The van der Waals surface area contributed by atoms with Crippen LogP contribution in [0, 0.1) is 6.92 Å². The van der Waals surface area contributed by atoms with Crippen LogP contribution in [0.1, 0.15) is 22.7 Å². The van der Waals surface area contributed by atoms with Crippen LogP contribution in [0.25, 0.3) is 0 Å². The SMILES string of the molecule is Cc1ccc2c(c1)CNC2C(=O)O. The Bertz CT molecular complexity index is 360. The molecule has 0 amide bonds. The molecule has 0 saturated heterocycles. The van der Waals surface area contributed by atoms with E-state index < -0.39 is 12.0 Å². The first-order valence-corrected chi connectivity index (χ1v) is 4.24. The van der Waals surface area contributed by atoms with Crippen LogP contribution in [0.5, 0.6) is 0 Å². The number of aryl methyl sites for hydroxylation is 1. The number of rotatable bonds is 1. The fraction of sp³-hybridized carbons (Fsp3) is 0.300. The molecule has 1 aromatic carbocycles. The maximum Gasteiger partial charge on any atom is 0.325 e. The second-order valence-corrected chi connectivity index (χ2v) is 3.35. The van der Waals surface area contributed by atoms with Crippen molar-refractivity contribution in [2.45, 2.75) is 19.5 Å². The first kappa shape index (κ1) is 8.26. The van der Waals surface area contributed by atoms with Crippen LogP contribution in [0.15, 0.2) is 18.2 Å². The van der Waals surface area contributed by atoms with Gasteiger partial charge in [-0.1, -0.05) is 23.8 Å². The molecule has 1 atom stereocenters. The average Bonchev–Trinajstić information content (AvgIpc) is 2.46. The lowest BCUT2D eigenvalue weighted by molar-refractivity contribution is -0.139. The summed E-state index contributed by atoms with van der Waals surface area (Å²) < 4.78 is 0. The third-order valence-corrected chi connectivity index (χ3v) is 2.35. The zero-order valence-corrected chi connectivity index (χ0v) is 7.37. The molecule has 0 saturated carbocycles. The molecule has 1 aromatic rings. The van der Waals surface area contributed by atoms with E-state index in [4.69, 9.17) is 5.11 Å². The highest BCUT2D eigenvalue weighted by Gasteiger charge is 2.27. The molecule has 1 unspecified atom stereocenters. The van der Waals surface area contributed by atoms with Gasteiger partial charge in [-0.05, 0) is 18.1 Å². The summed E-state index contributed by atoms with van der Waals surface area (Å²) in [5.41, 5.74) is 3.18. The van der Waals surface area contributed by atoms with Crippen LogP contribution in [-0.2, 0) is 11.3 Å². The molecule has 2 rings (SSSR count). The fourth-order valence-corrected chi connectivity index (χ4v) is 1.71. The molecule has 0 bridgehead atoms. The van der Waals surface area contributed by atoms with Gasteiger partial charge in [0.05, 0.1) is 0 Å². The van der Waals surface area contributed by atoms with Crippen molar-refractivity contribution in [2.24, 2.45) is 0 Å². The highest BCUT2D eigenvalue weighted by Crippen LogP contribution is 2.25. The van der Waals surface area contributed by atoms with E-state index >= 15 is 0 Å². The first-order valence-electron chi connectivity index (χ1n) is 4.24. The third-order valence-electron chi connectivity index (χ3n) is 2.35. The molecule has 13 heavy (non-hydrogen) atoms. The predicted molar refractivity (Wildman–Crippen MR) is 48.4 cm³/mol. The Morgan fingerprint density at radius 1 is 1.62 bits per heavy atom. The van der Waals surface area contributed by atoms with E-state index in [0.29, 0.717) is 6.54 Å². The van der Waals surface area contributed by atoms with Crippen molar-refractivity contribution >= 4 is 5.97 Å². The van der Waals surface area contributed by atoms with Crippen LogP contribution in [-0.4, -0.2) is 11.1 Å². The van der Waals surface area contributed by atoms with Crippen molar-refractivity contribution in [1.29, 1.82) is 0 Å². The summed E-state index contributed by atoms with van der Waals surface area (Å²) in [5.74, 6) is -0.803. The number of nitrogens with one attached hydrogen (secondary N) is 1. The molecular formula is C10H11NO2. The normalized spacial score (nSPS) is 19.9. The zero-order valence-electron chi connectivity index (χ0n) is 7.37. The molecule has 3 nitrogen and oxygen atoms in total. The maximum atomic E-state index is 10.8. The lowest BCUT2D eigenvalue weighted by atomic mass is 10.0. The largest absolute Gasteiger partial charge is 0.480 e. The summed E-state index contributed by atoms with van der Waals surface area (Å²) in [6.45, 7) is 2.67. The van der Waals surface area contributed by atoms with E-state index in [1.807, 2.05) is 25.1 Å². The number of hydrogen-bond donors (Lipinski definition) is 2. The van der Waals surface area contributed by atoms with Gasteiger partial charge in [0.15, 0.2) is 0 Å². The molecule has 1 aliphatic rings. The Kier molecular flexibility index (Phi) is 1.81. The van der Waals surface area contributed by atoms with E-state index in [2.05, 4.69) is 5.32 Å². The standard InChI is InChI=1S/C10H11NO2/c1-6-2-3-8-7(4-6)5-11-9(8)10(12)13/h2-4,9,11H,5H2,1H3,(H,12,13). The molecule has 0 fully saturated rings. The Hall–Kier alpha value is -1.35. The molecule has 0 radical (unpaired) electrons. The second-order valence-electron chi connectivity index (χ2n) is 3.35. The molecule has 0 spiro atoms. The maximum absolute atomic E-state index is 10.8. The number of benzene rings is 1. The Labute approximate surface area is 76.4 Å². The lowest BCUT2D eigenvalue weighted by Gasteiger charge is -2.05. The Morgan fingerprint density at radius 3 is 3.08 bits per heavy atom. The summed E-state index contributed by atoms with van der Waals surface area (Å²) in [7, 11) is 0. The van der Waals surface area contributed by atoms with Gasteiger partial charge in [0.2, 0.25) is 0 Å². The molecule has 3 heteroatoms. The van der Waals surface area contributed by atoms with Crippen molar-refractivity contribution in [1.82, 2.24) is 5.32 Å². The van der Waals surface area contributed by atoms with E-state index in [9.17, 15) is 4.79 Å². The minimum atomic E-state index is -0.803. The van der Waals surface area contributed by atoms with Crippen LogP contribution < -0.4 is 5.32 Å². The minimum absolute atomic E-state index is 0.518. The Balaban J connectivity index is 2.44. The van der Waals surface area contributed by atoms with Gasteiger partial charge in [-0.25, -0.2) is 0 Å². The quantitative estimate of drug-likeness (QED) is 0.678. The summed E-state index contributed by atoms with van der Waals surface area (Å²) >= 11 is 0. The predicted octanol–water partition coefficient (Wildman–Crippen LogP) is 1.22. The van der Waals surface area contributed by atoms with E-state index in [0.717, 1.165) is 11.1 Å². The number of carbonyl (C=O) groups is 1. The number of carboxylic acid groups (broad SMARTS) is 1. The molecule has 0 aromatic heterocycles. The number of carboxylic acids is 1. The lowest BCUT2D eigenvalue weighted by Crippen LogP contribution is -2.21. The first-order chi connectivity index (χ1) is 6.18. The fourth-order valence-electron chi connectivity index (χ4n) is 1.71. The summed E-state index contributed by atoms with van der Waals surface area (Å²) in [6, 6.07) is 5.35. The summed E-state index contributed by atoms with van der Waals surface area (Å²) in [4.78, 5) is 10.8. The molecule has 68 valence electrons. The molecule has 0 aliphatic carbocycles. The van der Waals surface area contributed by atoms with Gasteiger partial charge in [0.1, 0.15) is 6.04 Å². The van der Waals surface area contributed by atoms with Gasteiger partial charge >= 0.3 is 5.97 Å². The van der Waals surface area contributed by atoms with Crippen molar-refractivity contribution in [3.8, 4) is 0 Å². The number of aliphatic carboxylic acids is 1. The Morgan fingerprint density at radius 2 is 2.38 bits per heavy atom. The summed E-state index contributed by atoms with van der Waals surface area (Å²) in [6.07, 6.45) is 0. The van der Waals surface area contributed by atoms with Gasteiger partial charge < -0.3 is 5.11 Å². The topological polar surface area (TPSA) is 49.3 Å². The third kappa shape index (κ3) is 1.31. The van der Waals surface area contributed by atoms with Crippen LogP contribution in [0.3, 0.4) is 0 Å². The van der Waals surface area contributed by atoms with Gasteiger partial charge in [0.25, 0.3) is 0 Å². The number of hydrogen-bond acceptors (Lipinski definition) is 2. The average molecular weight is 177 g/mol. The summed E-state index contributed by atoms with van der Waals surface area (Å²) in [5, 5.41) is 11.8. The van der Waals surface area contributed by atoms with Crippen molar-refractivity contribution < 1.29 is 9.90 Å². The van der Waals surface area contributed by atoms with Gasteiger partial charge in [-0.2, -0.15) is 0 Å². The molecule has 1 heterocycles. The van der Waals surface area contributed by atoms with Crippen molar-refractivity contribution in [3.05, 3.63) is 34.9 Å². The smallest absolute Gasteiger partial charge is 0.325 e. The van der Waals surface area contributed by atoms with Gasteiger partial charge in [0, 0.05) is 6.54 Å². The zero-order chi connectivity index (χ0) is 9.42. The molecular weight excluding hydrogens is 166 g/mol. The van der Waals surface area contributed by atoms with E-state index in [1.165, 1.54) is 5.56 Å². The van der Waals surface area contributed by atoms with E-state index in [1.54, 1.807) is 0 Å². The van der Waals surface area contributed by atoms with Gasteiger partial charge in [-0.3, -0.25) is 10.1 Å². The van der Waals surface area contributed by atoms with Gasteiger partial charge in [-0.15, -0.1) is 0 Å². The highest BCUT2D eigenvalue weighted by molar-refractivity contribution is 5.77. The molecule has 2 N–H and O–H groups in total. The van der Waals surface area contributed by atoms with Crippen LogP contribution in [0.4, 0.5) is 0 Å². The minimum Gasteiger partial charge on any atom is -0.480 e. The second kappa shape index (κ2) is 2.85. The van der Waals surface area contributed by atoms with Crippen LogP contribution >= 0.6 is 0 Å². The van der Waals surface area contributed by atoms with E-state index in [-0.39, 0.29) is 0 Å². The highest BCUT2D eigenvalue weighted by atomic mass is 16.4.